The van der Waals surface area contributed by atoms with Crippen LogP contribution in [-0.4, -0.2) is 57.3 Å². The monoisotopic (exact) mass is 344 g/mol. The lowest BCUT2D eigenvalue weighted by Gasteiger charge is -2.37. The summed E-state index contributed by atoms with van der Waals surface area (Å²) in [6.45, 7) is 5.57. The van der Waals surface area contributed by atoms with Crippen molar-refractivity contribution in [2.45, 2.75) is 25.9 Å². The topological polar surface area (TPSA) is 60.0 Å². The van der Waals surface area contributed by atoms with E-state index in [1.54, 1.807) is 33.5 Å². The van der Waals surface area contributed by atoms with Gasteiger partial charge in [-0.3, -0.25) is 4.79 Å². The number of carbonyl (C=O) groups is 1. The summed E-state index contributed by atoms with van der Waals surface area (Å²) in [6, 6.07) is 3.82. The summed E-state index contributed by atoms with van der Waals surface area (Å²) in [4.78, 5) is 14.7. The molecule has 7 heteroatoms. The highest BCUT2D eigenvalue weighted by molar-refractivity contribution is 5.96. The minimum Gasteiger partial charge on any atom is -0.493 e. The van der Waals surface area contributed by atoms with Gasteiger partial charge in [-0.1, -0.05) is 0 Å². The number of rotatable bonds is 4. The average molecular weight is 345 g/mol. The first-order valence-electron chi connectivity index (χ1n) is 7.36. The van der Waals surface area contributed by atoms with Gasteiger partial charge < -0.3 is 24.4 Å². The second-order valence-corrected chi connectivity index (χ2v) is 5.53. The molecule has 1 aliphatic heterocycles. The molecule has 130 valence electrons. The molecule has 1 aliphatic rings. The van der Waals surface area contributed by atoms with Gasteiger partial charge in [-0.25, -0.2) is 0 Å². The molecule has 1 N–H and O–H groups in total. The molecule has 0 radical (unpaired) electrons. The number of amides is 1. The molecule has 2 unspecified atom stereocenters. The third-order valence-electron chi connectivity index (χ3n) is 3.94. The first-order valence-corrected chi connectivity index (χ1v) is 7.36. The first kappa shape index (κ1) is 19.4. The molecular formula is C16H25ClN2O4. The molecule has 0 aromatic heterocycles. The second kappa shape index (κ2) is 8.26. The second-order valence-electron chi connectivity index (χ2n) is 5.53. The van der Waals surface area contributed by atoms with Crippen molar-refractivity contribution in [3.63, 3.8) is 0 Å². The Hall–Kier alpha value is -1.66. The lowest BCUT2D eigenvalue weighted by molar-refractivity contribution is 0.0615. The van der Waals surface area contributed by atoms with E-state index >= 15 is 0 Å². The smallest absolute Gasteiger partial charge is 0.254 e. The normalized spacial score (nSPS) is 20.5. The van der Waals surface area contributed by atoms with Crippen molar-refractivity contribution in [2.24, 2.45) is 0 Å². The summed E-state index contributed by atoms with van der Waals surface area (Å²) < 4.78 is 15.9. The molecule has 0 saturated carbocycles. The standard InChI is InChI=1S/C16H24N2O4.ClH/c1-10-9-18(11(2)8-17-10)16(19)12-6-13(20-3)15(22-5)14(7-12)21-4;/h6-7,10-11,17H,8-9H2,1-5H3;1H. The number of ether oxygens (including phenoxy) is 3. The molecule has 1 aromatic rings. The van der Waals surface area contributed by atoms with Crippen molar-refractivity contribution in [3.8, 4) is 17.2 Å². The molecule has 0 spiro atoms. The zero-order valence-corrected chi connectivity index (χ0v) is 15.0. The van der Waals surface area contributed by atoms with Gasteiger partial charge in [0, 0.05) is 30.7 Å². The van der Waals surface area contributed by atoms with Crippen LogP contribution in [0.15, 0.2) is 12.1 Å². The highest BCUT2D eigenvalue weighted by Crippen LogP contribution is 2.38. The van der Waals surface area contributed by atoms with Crippen molar-refractivity contribution in [1.82, 2.24) is 10.2 Å². The van der Waals surface area contributed by atoms with E-state index in [9.17, 15) is 4.79 Å². The quantitative estimate of drug-likeness (QED) is 0.904. The zero-order chi connectivity index (χ0) is 16.3. The number of carbonyl (C=O) groups excluding carboxylic acids is 1. The van der Waals surface area contributed by atoms with Crippen molar-refractivity contribution in [3.05, 3.63) is 17.7 Å². The third-order valence-corrected chi connectivity index (χ3v) is 3.94. The number of nitrogens with zero attached hydrogens (tertiary/aromatic N) is 1. The van der Waals surface area contributed by atoms with E-state index in [0.29, 0.717) is 29.4 Å². The van der Waals surface area contributed by atoms with Crippen LogP contribution >= 0.6 is 12.4 Å². The van der Waals surface area contributed by atoms with Gasteiger partial charge in [-0.2, -0.15) is 0 Å². The van der Waals surface area contributed by atoms with Crippen LogP contribution in [-0.2, 0) is 0 Å². The summed E-state index contributed by atoms with van der Waals surface area (Å²) in [5, 5.41) is 3.37. The summed E-state index contributed by atoms with van der Waals surface area (Å²) in [7, 11) is 4.63. The van der Waals surface area contributed by atoms with E-state index < -0.39 is 0 Å². The zero-order valence-electron chi connectivity index (χ0n) is 14.2. The van der Waals surface area contributed by atoms with Gasteiger partial charge in [0.25, 0.3) is 5.91 Å². The highest BCUT2D eigenvalue weighted by Gasteiger charge is 2.28. The first-order chi connectivity index (χ1) is 10.5. The van der Waals surface area contributed by atoms with Gasteiger partial charge in [0.05, 0.1) is 21.3 Å². The molecule has 1 amide bonds. The Morgan fingerprint density at radius 3 is 2.17 bits per heavy atom. The molecule has 1 fully saturated rings. The van der Waals surface area contributed by atoms with Crippen LogP contribution in [0, 0.1) is 0 Å². The third kappa shape index (κ3) is 4.00. The van der Waals surface area contributed by atoms with Crippen molar-refractivity contribution >= 4 is 18.3 Å². The number of hydrogen-bond acceptors (Lipinski definition) is 5. The van der Waals surface area contributed by atoms with Crippen LogP contribution in [0.5, 0.6) is 17.2 Å². The van der Waals surface area contributed by atoms with Gasteiger partial charge in [0.2, 0.25) is 5.75 Å². The molecule has 2 atom stereocenters. The predicted octanol–water partition coefficient (Wildman–Crippen LogP) is 1.96. The van der Waals surface area contributed by atoms with Gasteiger partial charge in [0.15, 0.2) is 11.5 Å². The molecule has 1 heterocycles. The summed E-state index contributed by atoms with van der Waals surface area (Å²) in [5.41, 5.74) is 0.537. The molecule has 0 aliphatic carbocycles. The number of halogens is 1. The molecule has 23 heavy (non-hydrogen) atoms. The fourth-order valence-corrected chi connectivity index (χ4v) is 2.67. The maximum Gasteiger partial charge on any atom is 0.254 e. The highest BCUT2D eigenvalue weighted by atomic mass is 35.5. The molecule has 0 bridgehead atoms. The maximum atomic E-state index is 12.8. The van der Waals surface area contributed by atoms with Crippen LogP contribution in [0.4, 0.5) is 0 Å². The van der Waals surface area contributed by atoms with Gasteiger partial charge in [0.1, 0.15) is 0 Å². The van der Waals surface area contributed by atoms with Crippen LogP contribution in [0.3, 0.4) is 0 Å². The Morgan fingerprint density at radius 1 is 1.13 bits per heavy atom. The predicted molar refractivity (Wildman–Crippen MR) is 91.3 cm³/mol. The average Bonchev–Trinajstić information content (AvgIpc) is 2.54. The van der Waals surface area contributed by atoms with Crippen molar-refractivity contribution < 1.29 is 19.0 Å². The van der Waals surface area contributed by atoms with E-state index in [4.69, 9.17) is 14.2 Å². The number of benzene rings is 1. The molecule has 6 nitrogen and oxygen atoms in total. The Morgan fingerprint density at radius 2 is 1.70 bits per heavy atom. The summed E-state index contributed by atoms with van der Waals surface area (Å²) >= 11 is 0. The molecule has 1 saturated heterocycles. The van der Waals surface area contributed by atoms with Gasteiger partial charge in [-0.05, 0) is 26.0 Å². The lowest BCUT2D eigenvalue weighted by Crippen LogP contribution is -2.56. The number of methoxy groups -OCH3 is 3. The van der Waals surface area contributed by atoms with E-state index in [2.05, 4.69) is 12.2 Å². The Kier molecular flexibility index (Phi) is 6.97. The largest absolute Gasteiger partial charge is 0.493 e. The molecular weight excluding hydrogens is 320 g/mol. The minimum atomic E-state index is -0.0277. The Labute approximate surface area is 143 Å². The van der Waals surface area contributed by atoms with Gasteiger partial charge in [-0.15, -0.1) is 12.4 Å². The Balaban J connectivity index is 0.00000264. The van der Waals surface area contributed by atoms with Crippen LogP contribution in [0.1, 0.15) is 24.2 Å². The van der Waals surface area contributed by atoms with Gasteiger partial charge >= 0.3 is 0 Å². The number of hydrogen-bond donors (Lipinski definition) is 1. The van der Waals surface area contributed by atoms with Crippen LogP contribution in [0.2, 0.25) is 0 Å². The number of nitrogens with one attached hydrogen (secondary N) is 1. The van der Waals surface area contributed by atoms with E-state index in [1.807, 2.05) is 11.8 Å². The SMILES string of the molecule is COc1cc(C(=O)N2CC(C)NCC2C)cc(OC)c1OC.Cl. The van der Waals surface area contributed by atoms with Crippen LogP contribution in [0.25, 0.3) is 0 Å². The fraction of sp³-hybridized carbons (Fsp3) is 0.562. The minimum absolute atomic E-state index is 0. The van der Waals surface area contributed by atoms with E-state index in [0.717, 1.165) is 6.54 Å². The Bertz CT molecular complexity index is 528. The van der Waals surface area contributed by atoms with E-state index in [1.165, 1.54) is 0 Å². The summed E-state index contributed by atoms with van der Waals surface area (Å²) in [5.74, 6) is 1.44. The van der Waals surface area contributed by atoms with Crippen molar-refractivity contribution in [2.75, 3.05) is 34.4 Å². The molecule has 1 aromatic carbocycles. The fourth-order valence-electron chi connectivity index (χ4n) is 2.67. The summed E-state index contributed by atoms with van der Waals surface area (Å²) in [6.07, 6.45) is 0. The van der Waals surface area contributed by atoms with Crippen LogP contribution < -0.4 is 19.5 Å². The maximum absolute atomic E-state index is 12.8. The number of piperazine rings is 1. The molecule has 2 rings (SSSR count). The van der Waals surface area contributed by atoms with Crippen molar-refractivity contribution in [1.29, 1.82) is 0 Å². The van der Waals surface area contributed by atoms with E-state index in [-0.39, 0.29) is 30.4 Å². The lowest BCUT2D eigenvalue weighted by atomic mass is 10.1.